The summed E-state index contributed by atoms with van der Waals surface area (Å²) in [6.45, 7) is 0.358. The van der Waals surface area contributed by atoms with Crippen molar-refractivity contribution in [3.05, 3.63) is 18.2 Å². The van der Waals surface area contributed by atoms with E-state index in [-0.39, 0.29) is 5.91 Å². The molecule has 3 N–H and O–H groups in total. The summed E-state index contributed by atoms with van der Waals surface area (Å²) in [5.74, 6) is -0.847. The van der Waals surface area contributed by atoms with Crippen LogP contribution in [-0.2, 0) is 11.3 Å². The third kappa shape index (κ3) is 1.16. The molecule has 0 fully saturated rings. The van der Waals surface area contributed by atoms with Crippen LogP contribution in [0.4, 0.5) is 0 Å². The first-order chi connectivity index (χ1) is 6.18. The fourth-order valence-corrected chi connectivity index (χ4v) is 1.29. The number of carbonyl (C=O) groups excluding carboxylic acids is 2. The molecule has 0 spiro atoms. The number of nitrogens with one attached hydrogen (secondary N) is 1. The predicted molar refractivity (Wildman–Crippen MR) is 42.7 cm³/mol. The van der Waals surface area contributed by atoms with Gasteiger partial charge in [0.25, 0.3) is 5.91 Å². The molecular formula is C7H8N4O2. The average molecular weight is 180 g/mol. The van der Waals surface area contributed by atoms with Gasteiger partial charge in [-0.2, -0.15) is 0 Å². The van der Waals surface area contributed by atoms with Crippen LogP contribution in [0.3, 0.4) is 0 Å². The number of fused-ring (bicyclic) bond motifs is 1. The van der Waals surface area contributed by atoms with Crippen LogP contribution < -0.4 is 11.1 Å². The molecule has 1 unspecified atom stereocenters. The first-order valence-corrected chi connectivity index (χ1v) is 3.79. The van der Waals surface area contributed by atoms with E-state index in [9.17, 15) is 9.59 Å². The number of rotatable bonds is 1. The molecule has 13 heavy (non-hydrogen) atoms. The van der Waals surface area contributed by atoms with Gasteiger partial charge in [0.15, 0.2) is 0 Å². The summed E-state index contributed by atoms with van der Waals surface area (Å²) < 4.78 is 1.61. The van der Waals surface area contributed by atoms with E-state index in [0.717, 1.165) is 0 Å². The zero-order valence-electron chi connectivity index (χ0n) is 6.73. The Kier molecular flexibility index (Phi) is 1.54. The summed E-state index contributed by atoms with van der Waals surface area (Å²) in [5, 5.41) is 2.48. The Morgan fingerprint density at radius 1 is 1.77 bits per heavy atom. The topological polar surface area (TPSA) is 90.0 Å². The van der Waals surface area contributed by atoms with Gasteiger partial charge < -0.3 is 15.6 Å². The molecular weight excluding hydrogens is 172 g/mol. The van der Waals surface area contributed by atoms with E-state index < -0.39 is 11.9 Å². The second-order valence-corrected chi connectivity index (χ2v) is 2.86. The van der Waals surface area contributed by atoms with Gasteiger partial charge in [-0.25, -0.2) is 4.98 Å². The largest absolute Gasteiger partial charge is 0.368 e. The highest BCUT2D eigenvalue weighted by atomic mass is 16.2. The Hall–Kier alpha value is -1.85. The first-order valence-electron chi connectivity index (χ1n) is 3.79. The molecule has 0 saturated carbocycles. The average Bonchev–Trinajstić information content (AvgIpc) is 2.51. The van der Waals surface area contributed by atoms with E-state index in [4.69, 9.17) is 5.73 Å². The second-order valence-electron chi connectivity index (χ2n) is 2.86. The molecule has 0 radical (unpaired) electrons. The zero-order chi connectivity index (χ0) is 9.42. The van der Waals surface area contributed by atoms with Crippen molar-refractivity contribution in [3.8, 4) is 0 Å². The molecule has 2 heterocycles. The van der Waals surface area contributed by atoms with E-state index in [1.54, 1.807) is 4.57 Å². The summed E-state index contributed by atoms with van der Waals surface area (Å²) in [5.41, 5.74) is 5.52. The molecule has 1 atom stereocenters. The molecule has 0 saturated heterocycles. The maximum Gasteiger partial charge on any atom is 0.270 e. The molecule has 68 valence electrons. The maximum atomic E-state index is 11.3. The molecule has 1 aliphatic rings. The Morgan fingerprint density at radius 2 is 2.54 bits per heavy atom. The Balaban J connectivity index is 2.34. The number of nitrogens with two attached hydrogens (primary N) is 1. The van der Waals surface area contributed by atoms with Gasteiger partial charge in [0.05, 0.1) is 19.1 Å². The number of hydrogen-bond donors (Lipinski definition) is 2. The van der Waals surface area contributed by atoms with E-state index >= 15 is 0 Å². The van der Waals surface area contributed by atoms with E-state index in [2.05, 4.69) is 10.3 Å². The molecule has 2 rings (SSSR count). The summed E-state index contributed by atoms with van der Waals surface area (Å²) in [4.78, 5) is 25.9. The number of nitrogens with zero attached hydrogens (tertiary/aromatic N) is 2. The lowest BCUT2D eigenvalue weighted by atomic mass is 10.2. The van der Waals surface area contributed by atoms with Crippen LogP contribution in [0.5, 0.6) is 0 Å². The third-order valence-electron chi connectivity index (χ3n) is 1.97. The van der Waals surface area contributed by atoms with Crippen molar-refractivity contribution in [2.75, 3.05) is 0 Å². The fourth-order valence-electron chi connectivity index (χ4n) is 1.29. The van der Waals surface area contributed by atoms with Crippen molar-refractivity contribution in [2.24, 2.45) is 5.73 Å². The van der Waals surface area contributed by atoms with Gasteiger partial charge in [0.1, 0.15) is 11.7 Å². The number of aromatic nitrogens is 2. The third-order valence-corrected chi connectivity index (χ3v) is 1.97. The normalized spacial score (nSPS) is 20.6. The zero-order valence-corrected chi connectivity index (χ0v) is 6.73. The van der Waals surface area contributed by atoms with Gasteiger partial charge >= 0.3 is 0 Å². The number of imidazole rings is 1. The molecule has 0 bridgehead atoms. The van der Waals surface area contributed by atoms with Crippen LogP contribution in [0.15, 0.2) is 12.5 Å². The summed E-state index contributed by atoms with van der Waals surface area (Å²) >= 11 is 0. The molecule has 6 heteroatoms. The predicted octanol–water partition coefficient (Wildman–Crippen LogP) is -1.52. The fraction of sp³-hybridized carbons (Fsp3) is 0.286. The van der Waals surface area contributed by atoms with Crippen LogP contribution in [0.1, 0.15) is 10.5 Å². The van der Waals surface area contributed by atoms with Crippen molar-refractivity contribution < 1.29 is 9.59 Å². The van der Waals surface area contributed by atoms with Crippen molar-refractivity contribution >= 4 is 11.8 Å². The van der Waals surface area contributed by atoms with Crippen LogP contribution in [0, 0.1) is 0 Å². The van der Waals surface area contributed by atoms with Gasteiger partial charge in [-0.05, 0) is 0 Å². The molecule has 6 nitrogen and oxygen atoms in total. The monoisotopic (exact) mass is 180 g/mol. The summed E-state index contributed by atoms with van der Waals surface area (Å²) in [6, 6.07) is -0.630. The standard InChI is InChI=1S/C7H8N4O2/c8-6(12)4-2-11-3-9-1-5(11)7(13)10-4/h1,3-4H,2H2,(H2,8,12)(H,10,13). The van der Waals surface area contributed by atoms with Crippen molar-refractivity contribution in [1.29, 1.82) is 0 Å². The Bertz CT molecular complexity index is 370. The lowest BCUT2D eigenvalue weighted by Crippen LogP contribution is -2.51. The van der Waals surface area contributed by atoms with Crippen LogP contribution >= 0.6 is 0 Å². The van der Waals surface area contributed by atoms with Gasteiger partial charge in [0.2, 0.25) is 5.91 Å². The lowest BCUT2D eigenvalue weighted by Gasteiger charge is -2.22. The molecule has 1 aromatic rings. The van der Waals surface area contributed by atoms with Crippen LogP contribution in [0.25, 0.3) is 0 Å². The van der Waals surface area contributed by atoms with Crippen LogP contribution in [0.2, 0.25) is 0 Å². The number of amides is 2. The highest BCUT2D eigenvalue weighted by molar-refractivity contribution is 5.97. The van der Waals surface area contributed by atoms with Crippen molar-refractivity contribution in [2.45, 2.75) is 12.6 Å². The minimum absolute atomic E-state index is 0.312. The maximum absolute atomic E-state index is 11.3. The number of carbonyl (C=O) groups is 2. The number of primary amides is 1. The highest BCUT2D eigenvalue weighted by Crippen LogP contribution is 2.07. The molecule has 1 aliphatic heterocycles. The summed E-state index contributed by atoms with van der Waals surface area (Å²) in [7, 11) is 0. The van der Waals surface area contributed by atoms with Gasteiger partial charge in [-0.1, -0.05) is 0 Å². The van der Waals surface area contributed by atoms with Crippen LogP contribution in [-0.4, -0.2) is 27.4 Å². The van der Waals surface area contributed by atoms with Gasteiger partial charge in [-0.15, -0.1) is 0 Å². The van der Waals surface area contributed by atoms with Gasteiger partial charge in [0, 0.05) is 0 Å². The molecule has 0 aromatic carbocycles. The molecule has 2 amide bonds. The molecule has 1 aromatic heterocycles. The Labute approximate surface area is 73.7 Å². The van der Waals surface area contributed by atoms with Crippen molar-refractivity contribution in [3.63, 3.8) is 0 Å². The SMILES string of the molecule is NC(=O)C1Cn2cncc2C(=O)N1. The highest BCUT2D eigenvalue weighted by Gasteiger charge is 2.27. The van der Waals surface area contributed by atoms with E-state index in [1.807, 2.05) is 0 Å². The minimum Gasteiger partial charge on any atom is -0.368 e. The number of hydrogen-bond acceptors (Lipinski definition) is 3. The molecule has 0 aliphatic carbocycles. The first kappa shape index (κ1) is 7.78. The lowest BCUT2D eigenvalue weighted by molar-refractivity contribution is -0.120. The smallest absolute Gasteiger partial charge is 0.270 e. The summed E-state index contributed by atoms with van der Waals surface area (Å²) in [6.07, 6.45) is 2.95. The minimum atomic E-state index is -0.630. The second kappa shape index (κ2) is 2.58. The van der Waals surface area contributed by atoms with Gasteiger partial charge in [-0.3, -0.25) is 9.59 Å². The van der Waals surface area contributed by atoms with E-state index in [1.165, 1.54) is 12.5 Å². The van der Waals surface area contributed by atoms with E-state index in [0.29, 0.717) is 12.2 Å². The quantitative estimate of drug-likeness (QED) is 0.550. The Morgan fingerprint density at radius 3 is 3.23 bits per heavy atom. The van der Waals surface area contributed by atoms with Crippen molar-refractivity contribution in [1.82, 2.24) is 14.9 Å².